The van der Waals surface area contributed by atoms with Crippen molar-refractivity contribution in [1.82, 2.24) is 15.3 Å². The average molecular weight is 556 g/mol. The van der Waals surface area contributed by atoms with Crippen LogP contribution >= 0.6 is 0 Å². The van der Waals surface area contributed by atoms with Crippen molar-refractivity contribution in [2.75, 3.05) is 58.2 Å². The lowest BCUT2D eigenvalue weighted by atomic mass is 9.66. The smallest absolute Gasteiger partial charge is 0.227 e. The van der Waals surface area contributed by atoms with Crippen LogP contribution in [0.3, 0.4) is 0 Å². The van der Waals surface area contributed by atoms with E-state index in [4.69, 9.17) is 34.6 Å². The van der Waals surface area contributed by atoms with E-state index in [1.807, 2.05) is 18.2 Å². The van der Waals surface area contributed by atoms with Gasteiger partial charge >= 0.3 is 0 Å². The maximum absolute atomic E-state index is 6.55. The molecule has 0 amide bonds. The van der Waals surface area contributed by atoms with Gasteiger partial charge in [0.15, 0.2) is 23.0 Å². The molecule has 0 radical (unpaired) electrons. The summed E-state index contributed by atoms with van der Waals surface area (Å²) < 4.78 is 22.8. The molecular formula is C32H37N5O4. The first-order valence-corrected chi connectivity index (χ1v) is 14.1. The van der Waals surface area contributed by atoms with Crippen LogP contribution in [0.25, 0.3) is 10.9 Å². The third-order valence-corrected chi connectivity index (χ3v) is 8.52. The number of rotatable bonds is 8. The fraction of sp³-hybridized carbons (Fsp3) is 0.375. The van der Waals surface area contributed by atoms with E-state index >= 15 is 0 Å². The number of anilines is 2. The van der Waals surface area contributed by atoms with Gasteiger partial charge < -0.3 is 34.9 Å². The maximum Gasteiger partial charge on any atom is 0.227 e. The van der Waals surface area contributed by atoms with Crippen molar-refractivity contribution >= 4 is 22.7 Å². The van der Waals surface area contributed by atoms with Crippen LogP contribution in [-0.4, -0.2) is 63.6 Å². The molecule has 9 heteroatoms. The zero-order valence-electron chi connectivity index (χ0n) is 23.9. The molecule has 3 N–H and O–H groups in total. The molecule has 3 heterocycles. The molecule has 6 rings (SSSR count). The maximum atomic E-state index is 6.55. The highest BCUT2D eigenvalue weighted by atomic mass is 16.6. The van der Waals surface area contributed by atoms with E-state index < -0.39 is 0 Å². The molecule has 214 valence electrons. The fourth-order valence-electron chi connectivity index (χ4n) is 6.36. The predicted octanol–water partition coefficient (Wildman–Crippen LogP) is 4.37. The normalized spacial score (nSPS) is 16.7. The first-order valence-electron chi connectivity index (χ1n) is 14.1. The van der Waals surface area contributed by atoms with Crippen molar-refractivity contribution in [3.63, 3.8) is 0 Å². The summed E-state index contributed by atoms with van der Waals surface area (Å²) in [6, 6.07) is 20.8. The Kier molecular flexibility index (Phi) is 7.45. The minimum Gasteiger partial charge on any atom is -0.493 e. The van der Waals surface area contributed by atoms with Crippen molar-refractivity contribution in [3.8, 4) is 23.0 Å². The van der Waals surface area contributed by atoms with E-state index in [9.17, 15) is 0 Å². The number of fused-ring (bicyclic) bond motifs is 2. The number of nitrogens with two attached hydrogens (primary N) is 1. The van der Waals surface area contributed by atoms with Crippen LogP contribution in [0.2, 0.25) is 0 Å². The van der Waals surface area contributed by atoms with Crippen LogP contribution in [-0.2, 0) is 11.8 Å². The lowest BCUT2D eigenvalue weighted by Gasteiger charge is -2.48. The number of hydrogen-bond donors (Lipinski definition) is 2. The second kappa shape index (κ2) is 11.3. The molecule has 9 nitrogen and oxygen atoms in total. The number of methoxy groups -OCH3 is 2. The van der Waals surface area contributed by atoms with Crippen LogP contribution in [0.5, 0.6) is 23.0 Å². The predicted molar refractivity (Wildman–Crippen MR) is 161 cm³/mol. The molecule has 1 fully saturated rings. The molecule has 0 aliphatic carbocycles. The number of ether oxygens (including phenoxy) is 4. The van der Waals surface area contributed by atoms with Gasteiger partial charge in [-0.25, -0.2) is 4.98 Å². The van der Waals surface area contributed by atoms with Gasteiger partial charge in [0.25, 0.3) is 0 Å². The van der Waals surface area contributed by atoms with E-state index in [0.29, 0.717) is 42.0 Å². The van der Waals surface area contributed by atoms with Gasteiger partial charge in [-0.2, -0.15) is 4.98 Å². The third kappa shape index (κ3) is 5.06. The highest BCUT2D eigenvalue weighted by molar-refractivity contribution is 5.91. The summed E-state index contributed by atoms with van der Waals surface area (Å²) in [5.41, 5.74) is 9.58. The summed E-state index contributed by atoms with van der Waals surface area (Å²) in [6.07, 6.45) is 2.71. The van der Waals surface area contributed by atoms with E-state index in [-0.39, 0.29) is 11.5 Å². The SMILES string of the molecule is COc1cc2nc(N(C)C(Cc3ccc4c(c3)OCCO4)C3(c4ccccc4)CCNCC3)nc(N)c2cc1OC. The minimum absolute atomic E-state index is 0.0200. The second-order valence-electron chi connectivity index (χ2n) is 10.7. The van der Waals surface area contributed by atoms with Gasteiger partial charge in [0.2, 0.25) is 5.95 Å². The Balaban J connectivity index is 1.47. The topological polar surface area (TPSA) is 104 Å². The molecule has 4 aromatic rings. The first-order chi connectivity index (χ1) is 20.0. The average Bonchev–Trinajstić information content (AvgIpc) is 3.03. The van der Waals surface area contributed by atoms with E-state index in [2.05, 4.69) is 59.7 Å². The molecule has 41 heavy (non-hydrogen) atoms. The summed E-state index contributed by atoms with van der Waals surface area (Å²) in [5.74, 6) is 3.74. The molecule has 3 aromatic carbocycles. The Bertz CT molecular complexity index is 1520. The summed E-state index contributed by atoms with van der Waals surface area (Å²) >= 11 is 0. The molecule has 2 aliphatic rings. The van der Waals surface area contributed by atoms with E-state index in [0.717, 1.165) is 49.2 Å². The molecular weight excluding hydrogens is 518 g/mol. The Hall–Kier alpha value is -4.24. The van der Waals surface area contributed by atoms with Gasteiger partial charge in [-0.3, -0.25) is 0 Å². The Morgan fingerprint density at radius 3 is 2.37 bits per heavy atom. The number of piperidine rings is 1. The van der Waals surface area contributed by atoms with Crippen molar-refractivity contribution in [3.05, 3.63) is 71.8 Å². The summed E-state index contributed by atoms with van der Waals surface area (Å²) in [5, 5.41) is 4.30. The number of benzene rings is 3. The van der Waals surface area contributed by atoms with Gasteiger partial charge in [-0.15, -0.1) is 0 Å². The molecule has 2 aliphatic heterocycles. The van der Waals surface area contributed by atoms with Crippen molar-refractivity contribution < 1.29 is 18.9 Å². The molecule has 1 unspecified atom stereocenters. The molecule has 0 spiro atoms. The molecule has 1 saturated heterocycles. The zero-order chi connectivity index (χ0) is 28.4. The minimum atomic E-state index is -0.154. The Morgan fingerprint density at radius 2 is 1.63 bits per heavy atom. The van der Waals surface area contributed by atoms with E-state index in [1.165, 1.54) is 11.1 Å². The molecule has 0 saturated carbocycles. The van der Waals surface area contributed by atoms with Crippen molar-refractivity contribution in [2.24, 2.45) is 0 Å². The quantitative estimate of drug-likeness (QED) is 0.328. The van der Waals surface area contributed by atoms with Crippen molar-refractivity contribution in [1.29, 1.82) is 0 Å². The molecule has 1 aromatic heterocycles. The number of nitrogen functional groups attached to an aromatic ring is 1. The summed E-state index contributed by atoms with van der Waals surface area (Å²) in [4.78, 5) is 12.0. The van der Waals surface area contributed by atoms with Crippen LogP contribution in [0.4, 0.5) is 11.8 Å². The van der Waals surface area contributed by atoms with Gasteiger partial charge in [-0.05, 0) is 61.7 Å². The molecule has 0 bridgehead atoms. The first kappa shape index (κ1) is 27.0. The lowest BCUT2D eigenvalue weighted by molar-refractivity contribution is 0.171. The summed E-state index contributed by atoms with van der Waals surface area (Å²) in [7, 11) is 5.30. The fourth-order valence-corrected chi connectivity index (χ4v) is 6.36. The van der Waals surface area contributed by atoms with Crippen LogP contribution in [0.1, 0.15) is 24.0 Å². The monoisotopic (exact) mass is 555 g/mol. The second-order valence-corrected chi connectivity index (χ2v) is 10.7. The molecule has 1 atom stereocenters. The number of nitrogens with zero attached hydrogens (tertiary/aromatic N) is 3. The number of hydrogen-bond acceptors (Lipinski definition) is 9. The van der Waals surface area contributed by atoms with Crippen LogP contribution in [0, 0.1) is 0 Å². The van der Waals surface area contributed by atoms with Crippen LogP contribution < -0.4 is 34.9 Å². The zero-order valence-corrected chi connectivity index (χ0v) is 23.9. The lowest BCUT2D eigenvalue weighted by Crippen LogP contribution is -2.55. The van der Waals surface area contributed by atoms with Gasteiger partial charge in [0.05, 0.1) is 19.7 Å². The van der Waals surface area contributed by atoms with Gasteiger partial charge in [0.1, 0.15) is 19.0 Å². The number of aromatic nitrogens is 2. The Morgan fingerprint density at radius 1 is 0.927 bits per heavy atom. The summed E-state index contributed by atoms with van der Waals surface area (Å²) in [6.45, 7) is 2.98. The van der Waals surface area contributed by atoms with Gasteiger partial charge in [0, 0.05) is 30.0 Å². The van der Waals surface area contributed by atoms with Crippen LogP contribution in [0.15, 0.2) is 60.7 Å². The standard InChI is InChI=1S/C32H37N5O4/c1-37(31-35-24-20-27(39-3)26(38-2)19-23(24)30(33)36-31)29(18-21-9-10-25-28(17-21)41-16-15-40-25)32(11-13-34-14-12-32)22-7-5-4-6-8-22/h4-10,17,19-20,29,34H,11-16,18H2,1-3H3,(H2,33,35,36). The van der Waals surface area contributed by atoms with Crippen molar-refractivity contribution in [2.45, 2.75) is 30.7 Å². The highest BCUT2D eigenvalue weighted by Crippen LogP contribution is 2.43. The number of nitrogens with one attached hydrogen (secondary N) is 1. The van der Waals surface area contributed by atoms with E-state index in [1.54, 1.807) is 14.2 Å². The largest absolute Gasteiger partial charge is 0.493 e. The highest BCUT2D eigenvalue weighted by Gasteiger charge is 2.44. The number of likely N-dealkylation sites (N-methyl/N-ethyl adjacent to an activating group) is 1. The Labute approximate surface area is 240 Å². The third-order valence-electron chi connectivity index (χ3n) is 8.52. The van der Waals surface area contributed by atoms with Gasteiger partial charge in [-0.1, -0.05) is 36.4 Å².